The van der Waals surface area contributed by atoms with Crippen LogP contribution in [0.25, 0.3) is 0 Å². The second-order valence-corrected chi connectivity index (χ2v) is 4.61. The molecule has 1 spiro atoms. The van der Waals surface area contributed by atoms with E-state index >= 15 is 0 Å². The molecule has 2 N–H and O–H groups in total. The van der Waals surface area contributed by atoms with Crippen LogP contribution in [0.2, 0.25) is 0 Å². The smallest absolute Gasteiger partial charge is 0.0801 e. The molecule has 1 atom stereocenters. The fraction of sp³-hybridized carbons (Fsp3) is 0.500. The van der Waals surface area contributed by atoms with Crippen molar-refractivity contribution < 1.29 is 4.74 Å². The summed E-state index contributed by atoms with van der Waals surface area (Å²) in [5.74, 6) is 0. The standard InChI is InChI=1S/C12H16N2O/c1-9-2-3-10-11(6-9)13-7-12(14-10)4-5-15-8-12/h2-3,6,13-14H,4-5,7-8H2,1H3. The van der Waals surface area contributed by atoms with E-state index in [-0.39, 0.29) is 5.54 Å². The van der Waals surface area contributed by atoms with Crippen molar-refractivity contribution >= 4 is 11.4 Å². The molecule has 3 nitrogen and oxygen atoms in total. The van der Waals surface area contributed by atoms with Gasteiger partial charge in [-0.15, -0.1) is 0 Å². The zero-order valence-corrected chi connectivity index (χ0v) is 8.97. The summed E-state index contributed by atoms with van der Waals surface area (Å²) >= 11 is 0. The number of nitrogens with one attached hydrogen (secondary N) is 2. The molecule has 1 fully saturated rings. The number of aryl methyl sites for hydroxylation is 1. The van der Waals surface area contributed by atoms with E-state index in [0.29, 0.717) is 0 Å². The largest absolute Gasteiger partial charge is 0.381 e. The van der Waals surface area contributed by atoms with Crippen LogP contribution in [-0.2, 0) is 4.74 Å². The molecule has 0 amide bonds. The maximum atomic E-state index is 5.47. The van der Waals surface area contributed by atoms with E-state index in [1.165, 1.54) is 16.9 Å². The number of benzene rings is 1. The second-order valence-electron chi connectivity index (χ2n) is 4.61. The molecular formula is C12H16N2O. The number of ether oxygens (including phenoxy) is 1. The van der Waals surface area contributed by atoms with Crippen molar-refractivity contribution in [2.45, 2.75) is 18.9 Å². The van der Waals surface area contributed by atoms with Gasteiger partial charge in [-0.1, -0.05) is 6.07 Å². The average Bonchev–Trinajstić information content (AvgIpc) is 2.67. The third kappa shape index (κ3) is 1.47. The monoisotopic (exact) mass is 204 g/mol. The van der Waals surface area contributed by atoms with Gasteiger partial charge in [0.05, 0.1) is 23.5 Å². The minimum absolute atomic E-state index is 0.127. The maximum absolute atomic E-state index is 5.47. The predicted molar refractivity (Wildman–Crippen MR) is 61.5 cm³/mol. The molecule has 2 aliphatic heterocycles. The Hall–Kier alpha value is -1.22. The van der Waals surface area contributed by atoms with Gasteiger partial charge in [-0.2, -0.15) is 0 Å². The van der Waals surface area contributed by atoms with Crippen LogP contribution in [0.4, 0.5) is 11.4 Å². The molecule has 80 valence electrons. The van der Waals surface area contributed by atoms with Gasteiger partial charge in [-0.3, -0.25) is 0 Å². The Morgan fingerprint density at radius 3 is 3.07 bits per heavy atom. The quantitative estimate of drug-likeness (QED) is 0.678. The summed E-state index contributed by atoms with van der Waals surface area (Å²) in [4.78, 5) is 0. The van der Waals surface area contributed by atoms with Gasteiger partial charge in [0, 0.05) is 13.2 Å². The third-order valence-corrected chi connectivity index (χ3v) is 3.30. The molecule has 15 heavy (non-hydrogen) atoms. The lowest BCUT2D eigenvalue weighted by Gasteiger charge is -2.36. The minimum atomic E-state index is 0.127. The molecule has 2 heterocycles. The molecule has 2 aliphatic rings. The van der Waals surface area contributed by atoms with Crippen molar-refractivity contribution in [1.82, 2.24) is 0 Å². The summed E-state index contributed by atoms with van der Waals surface area (Å²) in [7, 11) is 0. The van der Waals surface area contributed by atoms with E-state index in [2.05, 4.69) is 35.8 Å². The van der Waals surface area contributed by atoms with Crippen molar-refractivity contribution in [3.05, 3.63) is 23.8 Å². The lowest BCUT2D eigenvalue weighted by molar-refractivity contribution is 0.184. The lowest BCUT2D eigenvalue weighted by atomic mass is 9.95. The van der Waals surface area contributed by atoms with E-state index in [1.54, 1.807) is 0 Å². The second kappa shape index (κ2) is 3.14. The van der Waals surface area contributed by atoms with Crippen LogP contribution < -0.4 is 10.6 Å². The van der Waals surface area contributed by atoms with Gasteiger partial charge in [0.15, 0.2) is 0 Å². The van der Waals surface area contributed by atoms with E-state index < -0.39 is 0 Å². The fourth-order valence-electron chi connectivity index (χ4n) is 2.35. The van der Waals surface area contributed by atoms with Crippen LogP contribution in [-0.4, -0.2) is 25.3 Å². The molecule has 1 aromatic carbocycles. The van der Waals surface area contributed by atoms with Crippen LogP contribution in [0.1, 0.15) is 12.0 Å². The average molecular weight is 204 g/mol. The summed E-state index contributed by atoms with van der Waals surface area (Å²) in [6.45, 7) is 4.76. The summed E-state index contributed by atoms with van der Waals surface area (Å²) in [6.07, 6.45) is 1.09. The topological polar surface area (TPSA) is 33.3 Å². The van der Waals surface area contributed by atoms with E-state index in [4.69, 9.17) is 4.74 Å². The minimum Gasteiger partial charge on any atom is -0.381 e. The third-order valence-electron chi connectivity index (χ3n) is 3.30. The number of rotatable bonds is 0. The molecule has 1 saturated heterocycles. The molecule has 0 radical (unpaired) electrons. The van der Waals surface area contributed by atoms with Crippen molar-refractivity contribution in [1.29, 1.82) is 0 Å². The van der Waals surface area contributed by atoms with Gasteiger partial charge in [-0.05, 0) is 31.0 Å². The summed E-state index contributed by atoms with van der Waals surface area (Å²) in [6, 6.07) is 6.48. The van der Waals surface area contributed by atoms with Gasteiger partial charge in [-0.25, -0.2) is 0 Å². The fourth-order valence-corrected chi connectivity index (χ4v) is 2.35. The zero-order chi connectivity index (χ0) is 10.3. The van der Waals surface area contributed by atoms with Gasteiger partial charge in [0.2, 0.25) is 0 Å². The Morgan fingerprint density at radius 2 is 2.27 bits per heavy atom. The summed E-state index contributed by atoms with van der Waals surface area (Å²) < 4.78 is 5.47. The van der Waals surface area contributed by atoms with Crippen LogP contribution in [0.5, 0.6) is 0 Å². The number of hydrogen-bond acceptors (Lipinski definition) is 3. The highest BCUT2D eigenvalue weighted by atomic mass is 16.5. The van der Waals surface area contributed by atoms with Crippen molar-refractivity contribution in [2.75, 3.05) is 30.4 Å². The molecular weight excluding hydrogens is 188 g/mol. The Labute approximate surface area is 89.8 Å². The van der Waals surface area contributed by atoms with E-state index in [0.717, 1.165) is 26.2 Å². The zero-order valence-electron chi connectivity index (χ0n) is 8.97. The Bertz CT molecular complexity index is 383. The summed E-state index contributed by atoms with van der Waals surface area (Å²) in [5, 5.41) is 7.11. The lowest BCUT2D eigenvalue weighted by Crippen LogP contribution is -2.48. The molecule has 0 aliphatic carbocycles. The van der Waals surface area contributed by atoms with E-state index in [9.17, 15) is 0 Å². The number of fused-ring (bicyclic) bond motifs is 1. The van der Waals surface area contributed by atoms with Crippen LogP contribution in [0, 0.1) is 6.92 Å². The first-order valence-corrected chi connectivity index (χ1v) is 5.48. The first-order valence-electron chi connectivity index (χ1n) is 5.48. The molecule has 3 rings (SSSR count). The van der Waals surface area contributed by atoms with Crippen molar-refractivity contribution in [3.63, 3.8) is 0 Å². The van der Waals surface area contributed by atoms with Crippen molar-refractivity contribution in [2.24, 2.45) is 0 Å². The molecule has 1 unspecified atom stereocenters. The molecule has 0 bridgehead atoms. The molecule has 1 aromatic rings. The SMILES string of the molecule is Cc1ccc2c(c1)NCC1(CCOC1)N2. The Morgan fingerprint density at radius 1 is 1.33 bits per heavy atom. The van der Waals surface area contributed by atoms with Crippen LogP contribution in [0.3, 0.4) is 0 Å². The molecule has 0 aromatic heterocycles. The highest BCUT2D eigenvalue weighted by Crippen LogP contribution is 2.34. The Balaban J connectivity index is 1.93. The number of hydrogen-bond donors (Lipinski definition) is 2. The molecule has 0 saturated carbocycles. The molecule has 3 heteroatoms. The first kappa shape index (κ1) is 9.04. The highest BCUT2D eigenvalue weighted by Gasteiger charge is 2.37. The van der Waals surface area contributed by atoms with Gasteiger partial charge in [0.1, 0.15) is 0 Å². The summed E-state index contributed by atoms with van der Waals surface area (Å²) in [5.41, 5.74) is 3.84. The van der Waals surface area contributed by atoms with Gasteiger partial charge in [0.25, 0.3) is 0 Å². The van der Waals surface area contributed by atoms with Crippen LogP contribution in [0.15, 0.2) is 18.2 Å². The normalized spacial score (nSPS) is 28.3. The Kier molecular flexibility index (Phi) is 1.89. The first-order chi connectivity index (χ1) is 7.27. The van der Waals surface area contributed by atoms with Crippen molar-refractivity contribution in [3.8, 4) is 0 Å². The van der Waals surface area contributed by atoms with Gasteiger partial charge < -0.3 is 15.4 Å². The van der Waals surface area contributed by atoms with Crippen LogP contribution >= 0.6 is 0 Å². The highest BCUT2D eigenvalue weighted by molar-refractivity contribution is 5.73. The maximum Gasteiger partial charge on any atom is 0.0801 e. The van der Waals surface area contributed by atoms with E-state index in [1.807, 2.05) is 0 Å². The number of anilines is 2. The predicted octanol–water partition coefficient (Wildman–Crippen LogP) is 1.99. The van der Waals surface area contributed by atoms with Gasteiger partial charge >= 0.3 is 0 Å².